The van der Waals surface area contributed by atoms with Crippen molar-refractivity contribution in [3.05, 3.63) is 0 Å². The van der Waals surface area contributed by atoms with Crippen LogP contribution in [0.2, 0.25) is 0 Å². The molecule has 0 bridgehead atoms. The Morgan fingerprint density at radius 2 is 1.79 bits per heavy atom. The summed E-state index contributed by atoms with van der Waals surface area (Å²) >= 11 is 0. The van der Waals surface area contributed by atoms with E-state index in [1.54, 1.807) is 0 Å². The summed E-state index contributed by atoms with van der Waals surface area (Å²) in [6.45, 7) is 5.72. The largest absolute Gasteiger partial charge is 0.372 e. The summed E-state index contributed by atoms with van der Waals surface area (Å²) in [5, 5.41) is 3.67. The van der Waals surface area contributed by atoms with Crippen LogP contribution in [0.25, 0.3) is 0 Å². The standard InChI is InChI=1S/C17H31NO/c1-14(2)18-13-16(7-5-8-16)12-15-6-11-17(19-15)9-3-4-10-17/h14-15,18H,3-13H2,1-2H3. The molecule has 19 heavy (non-hydrogen) atoms. The Labute approximate surface area is 118 Å². The van der Waals surface area contributed by atoms with Gasteiger partial charge in [-0.25, -0.2) is 0 Å². The molecule has 0 aromatic rings. The minimum atomic E-state index is 0.321. The van der Waals surface area contributed by atoms with E-state index in [0.717, 1.165) is 0 Å². The molecule has 1 atom stereocenters. The normalized spacial score (nSPS) is 32.1. The quantitative estimate of drug-likeness (QED) is 0.810. The number of nitrogens with one attached hydrogen (secondary N) is 1. The molecule has 2 nitrogen and oxygen atoms in total. The Morgan fingerprint density at radius 3 is 2.37 bits per heavy atom. The average Bonchev–Trinajstić information content (AvgIpc) is 2.93. The van der Waals surface area contributed by atoms with Gasteiger partial charge in [-0.1, -0.05) is 33.1 Å². The van der Waals surface area contributed by atoms with Gasteiger partial charge in [-0.2, -0.15) is 0 Å². The van der Waals surface area contributed by atoms with Crippen LogP contribution < -0.4 is 5.32 Å². The summed E-state index contributed by atoms with van der Waals surface area (Å²) in [6, 6.07) is 0.614. The molecule has 2 saturated carbocycles. The van der Waals surface area contributed by atoms with Crippen molar-refractivity contribution < 1.29 is 4.74 Å². The van der Waals surface area contributed by atoms with Gasteiger partial charge in [0.2, 0.25) is 0 Å². The Hall–Kier alpha value is -0.0800. The van der Waals surface area contributed by atoms with E-state index in [1.807, 2.05) is 0 Å². The summed E-state index contributed by atoms with van der Waals surface area (Å²) in [5.41, 5.74) is 0.889. The van der Waals surface area contributed by atoms with E-state index < -0.39 is 0 Å². The highest BCUT2D eigenvalue weighted by Gasteiger charge is 2.46. The van der Waals surface area contributed by atoms with Crippen molar-refractivity contribution >= 4 is 0 Å². The predicted molar refractivity (Wildman–Crippen MR) is 79.3 cm³/mol. The van der Waals surface area contributed by atoms with Crippen LogP contribution in [0.5, 0.6) is 0 Å². The van der Waals surface area contributed by atoms with Crippen LogP contribution in [0.4, 0.5) is 0 Å². The zero-order chi connectivity index (χ0) is 13.3. The zero-order valence-corrected chi connectivity index (χ0v) is 12.8. The molecule has 3 fully saturated rings. The molecule has 0 radical (unpaired) electrons. The molecule has 2 aliphatic carbocycles. The first-order valence-electron chi connectivity index (χ1n) is 8.53. The van der Waals surface area contributed by atoms with Crippen LogP contribution >= 0.6 is 0 Å². The molecule has 1 saturated heterocycles. The van der Waals surface area contributed by atoms with Crippen LogP contribution in [0.15, 0.2) is 0 Å². The van der Waals surface area contributed by atoms with Crippen molar-refractivity contribution in [1.29, 1.82) is 0 Å². The van der Waals surface area contributed by atoms with Gasteiger partial charge in [-0.3, -0.25) is 0 Å². The molecule has 0 aromatic heterocycles. The van der Waals surface area contributed by atoms with Gasteiger partial charge in [0.25, 0.3) is 0 Å². The third-order valence-electron chi connectivity index (χ3n) is 5.81. The van der Waals surface area contributed by atoms with Crippen LogP contribution in [-0.4, -0.2) is 24.3 Å². The van der Waals surface area contributed by atoms with Gasteiger partial charge in [-0.15, -0.1) is 0 Å². The van der Waals surface area contributed by atoms with Gasteiger partial charge in [-0.05, 0) is 50.4 Å². The highest BCUT2D eigenvalue weighted by molar-refractivity contribution is 4.97. The van der Waals surface area contributed by atoms with E-state index in [-0.39, 0.29) is 0 Å². The number of hydrogen-bond acceptors (Lipinski definition) is 2. The first kappa shape index (κ1) is 13.9. The summed E-state index contributed by atoms with van der Waals surface area (Å²) in [5.74, 6) is 0. The maximum Gasteiger partial charge on any atom is 0.0687 e. The molecule has 3 rings (SSSR count). The Bertz CT molecular complexity index is 302. The van der Waals surface area contributed by atoms with E-state index in [1.165, 1.54) is 70.8 Å². The SMILES string of the molecule is CC(C)NCC1(CC2CCC3(CCCC3)O2)CCC1. The highest BCUT2D eigenvalue weighted by atomic mass is 16.5. The van der Waals surface area contributed by atoms with Crippen molar-refractivity contribution in [1.82, 2.24) is 5.32 Å². The van der Waals surface area contributed by atoms with E-state index in [0.29, 0.717) is 23.2 Å². The number of rotatable bonds is 5. The molecule has 0 aromatic carbocycles. The van der Waals surface area contributed by atoms with Crippen molar-refractivity contribution in [3.8, 4) is 0 Å². The van der Waals surface area contributed by atoms with Crippen molar-refractivity contribution in [2.24, 2.45) is 5.41 Å². The molecule has 1 heterocycles. The fraction of sp³-hybridized carbons (Fsp3) is 1.00. The molecular formula is C17H31NO. The Balaban J connectivity index is 1.52. The van der Waals surface area contributed by atoms with Crippen molar-refractivity contribution in [3.63, 3.8) is 0 Å². The maximum atomic E-state index is 6.52. The van der Waals surface area contributed by atoms with Gasteiger partial charge >= 0.3 is 0 Å². The molecule has 0 amide bonds. The minimum Gasteiger partial charge on any atom is -0.372 e. The third-order valence-corrected chi connectivity index (χ3v) is 5.81. The number of ether oxygens (including phenoxy) is 1. The summed E-state index contributed by atoms with van der Waals surface area (Å²) in [4.78, 5) is 0. The molecule has 1 aliphatic heterocycles. The van der Waals surface area contributed by atoms with Crippen LogP contribution in [0.3, 0.4) is 0 Å². The van der Waals surface area contributed by atoms with Crippen molar-refractivity contribution in [2.75, 3.05) is 6.54 Å². The van der Waals surface area contributed by atoms with E-state index in [9.17, 15) is 0 Å². The van der Waals surface area contributed by atoms with Gasteiger partial charge in [0.05, 0.1) is 11.7 Å². The van der Waals surface area contributed by atoms with Crippen LogP contribution in [-0.2, 0) is 4.74 Å². The average molecular weight is 265 g/mol. The summed E-state index contributed by atoms with van der Waals surface area (Å²) in [6.07, 6.45) is 14.3. The van der Waals surface area contributed by atoms with Gasteiger partial charge in [0.15, 0.2) is 0 Å². The van der Waals surface area contributed by atoms with Crippen molar-refractivity contribution in [2.45, 2.75) is 95.8 Å². The Morgan fingerprint density at radius 1 is 1.05 bits per heavy atom. The van der Waals surface area contributed by atoms with E-state index in [4.69, 9.17) is 4.74 Å². The van der Waals surface area contributed by atoms with E-state index in [2.05, 4.69) is 19.2 Å². The lowest BCUT2D eigenvalue weighted by Crippen LogP contribution is -2.44. The number of hydrogen-bond donors (Lipinski definition) is 1. The van der Waals surface area contributed by atoms with E-state index >= 15 is 0 Å². The summed E-state index contributed by atoms with van der Waals surface area (Å²) in [7, 11) is 0. The lowest BCUT2D eigenvalue weighted by atomic mass is 9.65. The fourth-order valence-electron chi connectivity index (χ4n) is 4.46. The lowest BCUT2D eigenvalue weighted by Gasteiger charge is -2.44. The van der Waals surface area contributed by atoms with Gasteiger partial charge in [0, 0.05) is 12.6 Å². The molecule has 110 valence electrons. The second-order valence-electron chi connectivity index (χ2n) is 7.76. The molecule has 3 aliphatic rings. The fourth-order valence-corrected chi connectivity index (χ4v) is 4.46. The highest BCUT2D eigenvalue weighted by Crippen LogP contribution is 2.50. The topological polar surface area (TPSA) is 21.3 Å². The smallest absolute Gasteiger partial charge is 0.0687 e. The van der Waals surface area contributed by atoms with Crippen LogP contribution in [0.1, 0.15) is 78.1 Å². The monoisotopic (exact) mass is 265 g/mol. The first-order chi connectivity index (χ1) is 9.12. The predicted octanol–water partition coefficient (Wildman–Crippen LogP) is 4.04. The third kappa shape index (κ3) is 3.00. The van der Waals surface area contributed by atoms with Crippen LogP contribution in [0, 0.1) is 5.41 Å². The molecule has 1 unspecified atom stereocenters. The molecular weight excluding hydrogens is 234 g/mol. The zero-order valence-electron chi connectivity index (χ0n) is 12.8. The molecule has 1 N–H and O–H groups in total. The summed E-state index contributed by atoms with van der Waals surface area (Å²) < 4.78 is 6.52. The van der Waals surface area contributed by atoms with Gasteiger partial charge < -0.3 is 10.1 Å². The second-order valence-corrected chi connectivity index (χ2v) is 7.76. The second kappa shape index (κ2) is 5.37. The molecule has 2 heteroatoms. The van der Waals surface area contributed by atoms with Gasteiger partial charge in [0.1, 0.15) is 0 Å². The maximum absolute atomic E-state index is 6.52. The Kier molecular flexibility index (Phi) is 3.92. The lowest BCUT2D eigenvalue weighted by molar-refractivity contribution is -0.0642. The minimum absolute atomic E-state index is 0.321. The first-order valence-corrected chi connectivity index (χ1v) is 8.53. The molecule has 1 spiro atoms.